The zero-order chi connectivity index (χ0) is 7.97. The van der Waals surface area contributed by atoms with Gasteiger partial charge in [-0.25, -0.2) is 0 Å². The number of rotatable bonds is 2. The van der Waals surface area contributed by atoms with Crippen molar-refractivity contribution in [3.63, 3.8) is 0 Å². The van der Waals surface area contributed by atoms with Gasteiger partial charge >= 0.3 is 0 Å². The highest BCUT2D eigenvalue weighted by Gasteiger charge is 2.33. The molecule has 2 aliphatic heterocycles. The molecular weight excluding hydrogens is 184 g/mol. The van der Waals surface area contributed by atoms with Crippen LogP contribution < -0.4 is 0 Å². The summed E-state index contributed by atoms with van der Waals surface area (Å²) in [5.74, 6) is 2.68. The highest BCUT2D eigenvalue weighted by Crippen LogP contribution is 2.54. The fourth-order valence-corrected chi connectivity index (χ4v) is 2.89. The van der Waals surface area contributed by atoms with Crippen molar-refractivity contribution >= 4 is 23.5 Å². The minimum Gasteiger partial charge on any atom is -0.151 e. The Morgan fingerprint density at radius 3 is 1.67 bits per heavy atom. The Hall–Kier alpha value is -0.0800. The summed E-state index contributed by atoms with van der Waals surface area (Å²) in [6.07, 6.45) is 0. The normalized spacial score (nSPS) is 31.7. The van der Waals surface area contributed by atoms with Gasteiger partial charge in [0, 0.05) is 22.0 Å². The second-order valence-electron chi connectivity index (χ2n) is 3.27. The van der Waals surface area contributed by atoms with E-state index >= 15 is 0 Å². The third-order valence-corrected chi connectivity index (χ3v) is 4.20. The molecule has 3 rings (SSSR count). The average Bonchev–Trinajstić information content (AvgIpc) is 2.99. The van der Waals surface area contributed by atoms with E-state index in [2.05, 4.69) is 47.8 Å². The molecule has 2 aliphatic rings. The molecule has 2 unspecified atom stereocenters. The van der Waals surface area contributed by atoms with Crippen LogP contribution in [0.3, 0.4) is 0 Å². The highest BCUT2D eigenvalue weighted by molar-refractivity contribution is 8.06. The van der Waals surface area contributed by atoms with Gasteiger partial charge in [0.05, 0.1) is 0 Å². The first-order valence-corrected chi connectivity index (χ1v) is 6.37. The molecular formula is C10H10S2. The molecule has 0 N–H and O–H groups in total. The van der Waals surface area contributed by atoms with Crippen LogP contribution in [0.15, 0.2) is 24.3 Å². The van der Waals surface area contributed by atoms with Gasteiger partial charge in [-0.05, 0) is 11.1 Å². The smallest absolute Gasteiger partial charge is 0.0391 e. The van der Waals surface area contributed by atoms with E-state index in [9.17, 15) is 0 Å². The minimum absolute atomic E-state index is 0.836. The molecule has 2 heterocycles. The van der Waals surface area contributed by atoms with E-state index in [-0.39, 0.29) is 0 Å². The van der Waals surface area contributed by atoms with E-state index in [0.29, 0.717) is 0 Å². The number of thioether (sulfide) groups is 2. The van der Waals surface area contributed by atoms with Crippen molar-refractivity contribution in [3.8, 4) is 0 Å². The quantitative estimate of drug-likeness (QED) is 0.663. The first kappa shape index (κ1) is 7.34. The van der Waals surface area contributed by atoms with E-state index in [0.717, 1.165) is 10.5 Å². The van der Waals surface area contributed by atoms with Gasteiger partial charge in [0.15, 0.2) is 0 Å². The van der Waals surface area contributed by atoms with Gasteiger partial charge in [0.25, 0.3) is 0 Å². The van der Waals surface area contributed by atoms with Crippen molar-refractivity contribution in [1.29, 1.82) is 0 Å². The van der Waals surface area contributed by atoms with Gasteiger partial charge in [0.1, 0.15) is 0 Å². The van der Waals surface area contributed by atoms with E-state index < -0.39 is 0 Å². The first-order chi connectivity index (χ1) is 5.95. The van der Waals surface area contributed by atoms with Crippen molar-refractivity contribution in [3.05, 3.63) is 35.4 Å². The van der Waals surface area contributed by atoms with Gasteiger partial charge in [-0.1, -0.05) is 24.3 Å². The van der Waals surface area contributed by atoms with Crippen molar-refractivity contribution < 1.29 is 0 Å². The monoisotopic (exact) mass is 194 g/mol. The molecule has 1 aromatic carbocycles. The van der Waals surface area contributed by atoms with Gasteiger partial charge in [0.2, 0.25) is 0 Å². The zero-order valence-corrected chi connectivity index (χ0v) is 8.33. The fourth-order valence-electron chi connectivity index (χ4n) is 1.55. The van der Waals surface area contributed by atoms with Crippen LogP contribution in [0, 0.1) is 0 Å². The average molecular weight is 194 g/mol. The molecule has 1 aromatic rings. The SMILES string of the molecule is c1ccc(C2CS2)c(C2CS2)c1. The maximum Gasteiger partial charge on any atom is 0.0391 e. The van der Waals surface area contributed by atoms with E-state index in [1.165, 1.54) is 11.5 Å². The molecule has 12 heavy (non-hydrogen) atoms. The molecule has 0 aliphatic carbocycles. The van der Waals surface area contributed by atoms with Crippen LogP contribution in [-0.2, 0) is 0 Å². The van der Waals surface area contributed by atoms with E-state index in [1.807, 2.05) is 0 Å². The molecule has 0 saturated carbocycles. The Morgan fingerprint density at radius 2 is 1.33 bits per heavy atom. The molecule has 2 fully saturated rings. The molecule has 0 spiro atoms. The molecule has 2 saturated heterocycles. The summed E-state index contributed by atoms with van der Waals surface area (Å²) < 4.78 is 0. The number of hydrogen-bond acceptors (Lipinski definition) is 2. The molecule has 0 bridgehead atoms. The second kappa shape index (κ2) is 2.71. The summed E-state index contributed by atoms with van der Waals surface area (Å²) in [5.41, 5.74) is 3.22. The van der Waals surface area contributed by atoms with Crippen LogP contribution in [0.4, 0.5) is 0 Å². The highest BCUT2D eigenvalue weighted by atomic mass is 32.2. The summed E-state index contributed by atoms with van der Waals surface area (Å²) in [4.78, 5) is 0. The van der Waals surface area contributed by atoms with Gasteiger partial charge in [-0.3, -0.25) is 0 Å². The third-order valence-electron chi connectivity index (χ3n) is 2.36. The van der Waals surface area contributed by atoms with Crippen LogP contribution in [0.25, 0.3) is 0 Å². The standard InChI is InChI=1S/C10H10S2/c1-2-4-8(10-6-12-10)7(3-1)9-5-11-9/h1-4,9-10H,5-6H2. The lowest BCUT2D eigenvalue weighted by Gasteiger charge is -2.03. The van der Waals surface area contributed by atoms with Crippen molar-refractivity contribution in [1.82, 2.24) is 0 Å². The Bertz CT molecular complexity index is 269. The summed E-state index contributed by atoms with van der Waals surface area (Å²) in [6.45, 7) is 0. The first-order valence-electron chi connectivity index (χ1n) is 4.27. The van der Waals surface area contributed by atoms with Crippen molar-refractivity contribution in [2.24, 2.45) is 0 Å². The van der Waals surface area contributed by atoms with Crippen LogP contribution in [-0.4, -0.2) is 11.5 Å². The minimum atomic E-state index is 0.836. The molecule has 0 radical (unpaired) electrons. The number of benzene rings is 1. The third kappa shape index (κ3) is 1.27. The maximum atomic E-state index is 2.30. The molecule has 62 valence electrons. The Labute approximate surface area is 81.1 Å². The van der Waals surface area contributed by atoms with Gasteiger partial charge in [-0.15, -0.1) is 0 Å². The van der Waals surface area contributed by atoms with E-state index in [1.54, 1.807) is 11.1 Å². The summed E-state index contributed by atoms with van der Waals surface area (Å²) in [6, 6.07) is 8.95. The molecule has 0 aromatic heterocycles. The predicted molar refractivity (Wildman–Crippen MR) is 56.8 cm³/mol. The van der Waals surface area contributed by atoms with Crippen LogP contribution in [0.2, 0.25) is 0 Å². The molecule has 0 nitrogen and oxygen atoms in total. The fraction of sp³-hybridized carbons (Fsp3) is 0.400. The maximum absolute atomic E-state index is 2.30. The van der Waals surface area contributed by atoms with Gasteiger partial charge < -0.3 is 0 Å². The Morgan fingerprint density at radius 1 is 0.917 bits per heavy atom. The van der Waals surface area contributed by atoms with Gasteiger partial charge in [-0.2, -0.15) is 23.5 Å². The second-order valence-corrected chi connectivity index (χ2v) is 5.74. The lowest BCUT2D eigenvalue weighted by Crippen LogP contribution is -1.88. The van der Waals surface area contributed by atoms with E-state index in [4.69, 9.17) is 0 Å². The molecule has 2 heteroatoms. The molecule has 0 amide bonds. The largest absolute Gasteiger partial charge is 0.151 e. The number of hydrogen-bond donors (Lipinski definition) is 0. The molecule has 2 atom stereocenters. The van der Waals surface area contributed by atoms with Crippen LogP contribution in [0.1, 0.15) is 21.6 Å². The Kier molecular flexibility index (Phi) is 1.66. The zero-order valence-electron chi connectivity index (χ0n) is 6.69. The van der Waals surface area contributed by atoms with Crippen LogP contribution >= 0.6 is 23.5 Å². The van der Waals surface area contributed by atoms with Crippen molar-refractivity contribution in [2.45, 2.75) is 10.5 Å². The summed E-state index contributed by atoms with van der Waals surface area (Å²) in [7, 11) is 0. The van der Waals surface area contributed by atoms with Crippen molar-refractivity contribution in [2.75, 3.05) is 11.5 Å². The predicted octanol–water partition coefficient (Wildman–Crippen LogP) is 3.26. The summed E-state index contributed by atoms with van der Waals surface area (Å²) in [5, 5.41) is 1.67. The lowest BCUT2D eigenvalue weighted by atomic mass is 10.0. The topological polar surface area (TPSA) is 0 Å². The van der Waals surface area contributed by atoms with Crippen LogP contribution in [0.5, 0.6) is 0 Å². The Balaban J connectivity index is 2.02. The lowest BCUT2D eigenvalue weighted by molar-refractivity contribution is 1.11. The summed E-state index contributed by atoms with van der Waals surface area (Å²) >= 11 is 4.14.